The van der Waals surface area contributed by atoms with Crippen LogP contribution in [0.2, 0.25) is 0 Å². The fourth-order valence-electron chi connectivity index (χ4n) is 2.82. The van der Waals surface area contributed by atoms with E-state index in [1.165, 1.54) is 0 Å². The summed E-state index contributed by atoms with van der Waals surface area (Å²) in [7, 11) is 1.60. The molecule has 0 spiro atoms. The van der Waals surface area contributed by atoms with E-state index in [0.29, 0.717) is 17.0 Å². The molecule has 3 rings (SSSR count). The van der Waals surface area contributed by atoms with Gasteiger partial charge in [-0.05, 0) is 48.4 Å². The van der Waals surface area contributed by atoms with E-state index in [1.807, 2.05) is 25.1 Å². The van der Waals surface area contributed by atoms with Crippen molar-refractivity contribution in [2.24, 2.45) is 0 Å². The Labute approximate surface area is 163 Å². The maximum absolute atomic E-state index is 12.5. The molecule has 0 unspecified atom stereocenters. The number of furan rings is 1. The van der Waals surface area contributed by atoms with Gasteiger partial charge in [0.15, 0.2) is 0 Å². The number of anilines is 1. The van der Waals surface area contributed by atoms with E-state index < -0.39 is 0 Å². The third kappa shape index (κ3) is 4.79. The number of ether oxygens (including phenoxy) is 1. The predicted octanol–water partition coefficient (Wildman–Crippen LogP) is 3.71. The summed E-state index contributed by atoms with van der Waals surface area (Å²) in [5, 5.41) is 5.61. The van der Waals surface area contributed by atoms with Gasteiger partial charge in [-0.3, -0.25) is 9.59 Å². The highest BCUT2D eigenvalue weighted by atomic mass is 16.5. The summed E-state index contributed by atoms with van der Waals surface area (Å²) in [6.07, 6.45) is 1.73. The van der Waals surface area contributed by atoms with Gasteiger partial charge in [-0.2, -0.15) is 0 Å². The largest absolute Gasteiger partial charge is 0.496 e. The second-order valence-corrected chi connectivity index (χ2v) is 6.34. The van der Waals surface area contributed by atoms with Gasteiger partial charge in [0, 0.05) is 0 Å². The lowest BCUT2D eigenvalue weighted by Gasteiger charge is -2.12. The molecule has 1 heterocycles. The number of carbonyl (C=O) groups is 2. The van der Waals surface area contributed by atoms with Crippen LogP contribution in [-0.2, 0) is 17.8 Å². The number of benzene rings is 2. The van der Waals surface area contributed by atoms with Crippen molar-refractivity contribution in [1.29, 1.82) is 0 Å². The third-order valence-electron chi connectivity index (χ3n) is 4.29. The van der Waals surface area contributed by atoms with Crippen LogP contribution in [0.25, 0.3) is 0 Å². The van der Waals surface area contributed by atoms with Crippen LogP contribution >= 0.6 is 0 Å². The number of rotatable bonds is 7. The van der Waals surface area contributed by atoms with Gasteiger partial charge in [-0.15, -0.1) is 0 Å². The molecular weight excluding hydrogens is 356 g/mol. The predicted molar refractivity (Wildman–Crippen MR) is 106 cm³/mol. The quantitative estimate of drug-likeness (QED) is 0.657. The van der Waals surface area contributed by atoms with Gasteiger partial charge in [-0.25, -0.2) is 0 Å². The molecular formula is C22H22N2O4. The van der Waals surface area contributed by atoms with Gasteiger partial charge in [0.05, 0.1) is 37.6 Å². The van der Waals surface area contributed by atoms with E-state index in [9.17, 15) is 9.59 Å². The van der Waals surface area contributed by atoms with E-state index >= 15 is 0 Å². The van der Waals surface area contributed by atoms with Crippen molar-refractivity contribution in [1.82, 2.24) is 5.32 Å². The first-order valence-electron chi connectivity index (χ1n) is 8.90. The average Bonchev–Trinajstić information content (AvgIpc) is 3.21. The summed E-state index contributed by atoms with van der Waals surface area (Å²) in [6.45, 7) is 2.22. The summed E-state index contributed by atoms with van der Waals surface area (Å²) >= 11 is 0. The first kappa shape index (κ1) is 19.2. The number of hydrogen-bond acceptors (Lipinski definition) is 4. The minimum Gasteiger partial charge on any atom is -0.496 e. The van der Waals surface area contributed by atoms with Crippen LogP contribution in [0.4, 0.5) is 5.69 Å². The zero-order valence-corrected chi connectivity index (χ0v) is 15.8. The fourth-order valence-corrected chi connectivity index (χ4v) is 2.82. The van der Waals surface area contributed by atoms with Gasteiger partial charge in [0.2, 0.25) is 5.91 Å². The molecule has 28 heavy (non-hydrogen) atoms. The van der Waals surface area contributed by atoms with E-state index in [0.717, 1.165) is 16.9 Å². The fraction of sp³-hybridized carbons (Fsp3) is 0.182. The Morgan fingerprint density at radius 2 is 1.89 bits per heavy atom. The van der Waals surface area contributed by atoms with Gasteiger partial charge in [0.1, 0.15) is 11.5 Å². The van der Waals surface area contributed by atoms with Gasteiger partial charge in [-0.1, -0.05) is 24.3 Å². The zero-order valence-electron chi connectivity index (χ0n) is 15.8. The maximum atomic E-state index is 12.5. The van der Waals surface area contributed by atoms with Crippen LogP contribution in [0.5, 0.6) is 5.75 Å². The van der Waals surface area contributed by atoms with Crippen molar-refractivity contribution in [3.8, 4) is 5.75 Å². The monoisotopic (exact) mass is 378 g/mol. The molecule has 1 aromatic heterocycles. The molecule has 0 saturated heterocycles. The zero-order chi connectivity index (χ0) is 19.9. The van der Waals surface area contributed by atoms with E-state index in [-0.39, 0.29) is 24.8 Å². The van der Waals surface area contributed by atoms with Crippen molar-refractivity contribution in [2.45, 2.75) is 19.9 Å². The molecule has 6 nitrogen and oxygen atoms in total. The van der Waals surface area contributed by atoms with Crippen molar-refractivity contribution < 1.29 is 18.7 Å². The number of carbonyl (C=O) groups excluding carboxylic acids is 2. The average molecular weight is 378 g/mol. The second-order valence-electron chi connectivity index (χ2n) is 6.34. The lowest BCUT2D eigenvalue weighted by molar-refractivity contribution is -0.115. The van der Waals surface area contributed by atoms with Crippen molar-refractivity contribution in [2.75, 3.05) is 12.4 Å². The molecule has 0 saturated carbocycles. The highest BCUT2D eigenvalue weighted by molar-refractivity contribution is 6.04. The standard InChI is InChI=1S/C22H22N2O4/c1-15-9-10-16(12-20(15)27-2)13-21(25)24-19-8-4-3-7-18(19)22(26)23-14-17-6-5-11-28-17/h3-12H,13-14H2,1-2H3,(H,23,26)(H,24,25). The molecule has 0 bridgehead atoms. The molecule has 0 aliphatic rings. The summed E-state index contributed by atoms with van der Waals surface area (Å²) < 4.78 is 10.5. The molecule has 2 N–H and O–H groups in total. The Bertz CT molecular complexity index is 964. The molecule has 2 aromatic carbocycles. The molecule has 3 aromatic rings. The number of nitrogens with one attached hydrogen (secondary N) is 2. The van der Waals surface area contributed by atoms with Gasteiger partial charge >= 0.3 is 0 Å². The Morgan fingerprint density at radius 1 is 1.07 bits per heavy atom. The highest BCUT2D eigenvalue weighted by Crippen LogP contribution is 2.20. The Balaban J connectivity index is 1.67. The van der Waals surface area contributed by atoms with E-state index in [2.05, 4.69) is 10.6 Å². The minimum absolute atomic E-state index is 0.180. The van der Waals surface area contributed by atoms with Crippen LogP contribution in [-0.4, -0.2) is 18.9 Å². The first-order chi connectivity index (χ1) is 13.6. The Hall–Kier alpha value is -3.54. The number of amides is 2. The van der Waals surface area contributed by atoms with Crippen molar-refractivity contribution in [3.63, 3.8) is 0 Å². The van der Waals surface area contributed by atoms with Crippen LogP contribution in [0.15, 0.2) is 65.3 Å². The van der Waals surface area contributed by atoms with E-state index in [1.54, 1.807) is 49.8 Å². The Kier molecular flexibility index (Phi) is 6.11. The summed E-state index contributed by atoms with van der Waals surface area (Å²) in [4.78, 5) is 25.0. The lowest BCUT2D eigenvalue weighted by atomic mass is 10.1. The number of hydrogen-bond donors (Lipinski definition) is 2. The molecule has 0 radical (unpaired) electrons. The number of aryl methyl sites for hydroxylation is 1. The SMILES string of the molecule is COc1cc(CC(=O)Nc2ccccc2C(=O)NCc2ccco2)ccc1C. The molecule has 144 valence electrons. The highest BCUT2D eigenvalue weighted by Gasteiger charge is 2.14. The van der Waals surface area contributed by atoms with Crippen LogP contribution in [0, 0.1) is 6.92 Å². The molecule has 0 aliphatic heterocycles. The molecule has 0 atom stereocenters. The molecule has 0 aliphatic carbocycles. The smallest absolute Gasteiger partial charge is 0.253 e. The lowest BCUT2D eigenvalue weighted by Crippen LogP contribution is -2.25. The van der Waals surface area contributed by atoms with E-state index in [4.69, 9.17) is 9.15 Å². The van der Waals surface area contributed by atoms with Crippen molar-refractivity contribution in [3.05, 3.63) is 83.3 Å². The molecule has 6 heteroatoms. The molecule has 2 amide bonds. The van der Waals surface area contributed by atoms with Gasteiger partial charge < -0.3 is 19.8 Å². The van der Waals surface area contributed by atoms with Crippen LogP contribution in [0.1, 0.15) is 27.2 Å². The third-order valence-corrected chi connectivity index (χ3v) is 4.29. The Morgan fingerprint density at radius 3 is 2.64 bits per heavy atom. The van der Waals surface area contributed by atoms with Crippen molar-refractivity contribution >= 4 is 17.5 Å². The van der Waals surface area contributed by atoms with Crippen LogP contribution < -0.4 is 15.4 Å². The summed E-state index contributed by atoms with van der Waals surface area (Å²) in [5.74, 6) is 0.896. The van der Waals surface area contributed by atoms with Crippen LogP contribution in [0.3, 0.4) is 0 Å². The number of para-hydroxylation sites is 1. The van der Waals surface area contributed by atoms with Gasteiger partial charge in [0.25, 0.3) is 5.91 Å². The first-order valence-corrected chi connectivity index (χ1v) is 8.90. The minimum atomic E-state index is -0.288. The normalized spacial score (nSPS) is 10.4. The summed E-state index contributed by atoms with van der Waals surface area (Å²) in [5.41, 5.74) is 2.69. The molecule has 0 fully saturated rings. The number of methoxy groups -OCH3 is 1. The maximum Gasteiger partial charge on any atom is 0.253 e. The topological polar surface area (TPSA) is 80.6 Å². The summed E-state index contributed by atoms with van der Waals surface area (Å²) in [6, 6.07) is 16.1. The second kappa shape index (κ2) is 8.90.